The molecule has 1 aliphatic heterocycles. The summed E-state index contributed by atoms with van der Waals surface area (Å²) < 4.78 is 10.8. The zero-order valence-corrected chi connectivity index (χ0v) is 16.1. The van der Waals surface area contributed by atoms with Crippen LogP contribution in [0.15, 0.2) is 24.3 Å². The highest BCUT2D eigenvalue weighted by atomic mass is 32.1. The Labute approximate surface area is 157 Å². The van der Waals surface area contributed by atoms with E-state index in [1.165, 1.54) is 11.0 Å². The van der Waals surface area contributed by atoms with Gasteiger partial charge in [0, 0.05) is 30.5 Å². The average molecular weight is 373 g/mol. The molecular weight excluding hydrogens is 350 g/mol. The molecule has 1 aliphatic rings. The number of benzene rings is 1. The molecule has 26 heavy (non-hydrogen) atoms. The minimum atomic E-state index is -0.197. The maximum absolute atomic E-state index is 12.2. The van der Waals surface area contributed by atoms with E-state index < -0.39 is 0 Å². The number of hydrogen-bond donors (Lipinski definition) is 1. The van der Waals surface area contributed by atoms with Gasteiger partial charge in [-0.3, -0.25) is 10.1 Å². The van der Waals surface area contributed by atoms with Crippen molar-refractivity contribution in [1.29, 1.82) is 0 Å². The summed E-state index contributed by atoms with van der Waals surface area (Å²) in [4.78, 5) is 20.2. The van der Waals surface area contributed by atoms with Crippen molar-refractivity contribution < 1.29 is 14.3 Å². The van der Waals surface area contributed by atoms with E-state index in [2.05, 4.69) is 22.2 Å². The zero-order valence-electron chi connectivity index (χ0n) is 15.2. The van der Waals surface area contributed by atoms with Crippen LogP contribution >= 0.6 is 11.3 Å². The Balaban J connectivity index is 1.64. The number of likely N-dealkylation sites (N-methyl/N-ethyl adjacent to an activating group) is 1. The van der Waals surface area contributed by atoms with Crippen molar-refractivity contribution in [2.45, 2.75) is 19.9 Å². The molecule has 1 amide bonds. The van der Waals surface area contributed by atoms with Crippen molar-refractivity contribution in [3.63, 3.8) is 0 Å². The number of aromatic nitrogens is 1. The second-order valence-corrected chi connectivity index (χ2v) is 7.13. The molecule has 1 N–H and O–H groups in total. The van der Waals surface area contributed by atoms with E-state index in [1.807, 2.05) is 25.1 Å². The first-order valence-electron chi connectivity index (χ1n) is 8.56. The first kappa shape index (κ1) is 18.4. The number of carbonyl (C=O) groups excluding carboxylic acids is 1. The molecule has 0 spiro atoms. The topological polar surface area (TPSA) is 63.7 Å². The van der Waals surface area contributed by atoms with Gasteiger partial charge >= 0.3 is 0 Å². The maximum Gasteiger partial charge on any atom is 0.250 e. The summed E-state index contributed by atoms with van der Waals surface area (Å²) in [5.74, 6) is 1.14. The SMILES string of the molecule is CCOc1ccc(/C=C/C(=O)Nc2nc3c(s2)CN(C)CC3)cc1OC. The molecule has 0 saturated heterocycles. The highest BCUT2D eigenvalue weighted by Gasteiger charge is 2.18. The summed E-state index contributed by atoms with van der Waals surface area (Å²) in [6.45, 7) is 4.39. The number of nitrogens with one attached hydrogen (secondary N) is 1. The lowest BCUT2D eigenvalue weighted by molar-refractivity contribution is -0.111. The van der Waals surface area contributed by atoms with E-state index >= 15 is 0 Å². The maximum atomic E-state index is 12.2. The summed E-state index contributed by atoms with van der Waals surface area (Å²) >= 11 is 1.55. The lowest BCUT2D eigenvalue weighted by atomic mass is 10.2. The van der Waals surface area contributed by atoms with Gasteiger partial charge in [0.25, 0.3) is 0 Å². The van der Waals surface area contributed by atoms with Crippen LogP contribution in [0.25, 0.3) is 6.08 Å². The molecule has 6 nitrogen and oxygen atoms in total. The Bertz CT molecular complexity index is 816. The van der Waals surface area contributed by atoms with Crippen molar-refractivity contribution >= 4 is 28.5 Å². The Hall–Kier alpha value is -2.38. The minimum absolute atomic E-state index is 0.197. The number of ether oxygens (including phenoxy) is 2. The quantitative estimate of drug-likeness (QED) is 0.788. The summed E-state index contributed by atoms with van der Waals surface area (Å²) in [5.41, 5.74) is 1.96. The monoisotopic (exact) mass is 373 g/mol. The normalized spacial score (nSPS) is 14.3. The second-order valence-electron chi connectivity index (χ2n) is 6.04. The number of anilines is 1. The van der Waals surface area contributed by atoms with Crippen LogP contribution in [-0.2, 0) is 17.8 Å². The molecule has 138 valence electrons. The first-order valence-corrected chi connectivity index (χ1v) is 9.37. The summed E-state index contributed by atoms with van der Waals surface area (Å²) in [6.07, 6.45) is 4.18. The van der Waals surface area contributed by atoms with E-state index in [4.69, 9.17) is 9.47 Å². The molecule has 0 aliphatic carbocycles. The van der Waals surface area contributed by atoms with Crippen molar-refractivity contribution in [1.82, 2.24) is 9.88 Å². The zero-order chi connectivity index (χ0) is 18.5. The molecule has 0 fully saturated rings. The Morgan fingerprint density at radius 3 is 3.04 bits per heavy atom. The number of amides is 1. The standard InChI is InChI=1S/C19H23N3O3S/c1-4-25-15-7-5-13(11-16(15)24-3)6-8-18(23)21-19-20-14-9-10-22(2)12-17(14)26-19/h5-8,11H,4,9-10,12H2,1-3H3,(H,20,21,23)/b8-6+. The molecule has 0 saturated carbocycles. The molecule has 0 unspecified atom stereocenters. The van der Waals surface area contributed by atoms with Gasteiger partial charge in [-0.05, 0) is 37.7 Å². The predicted molar refractivity (Wildman–Crippen MR) is 104 cm³/mol. The van der Waals surface area contributed by atoms with E-state index in [0.717, 1.165) is 30.8 Å². The van der Waals surface area contributed by atoms with Crippen LogP contribution in [0.2, 0.25) is 0 Å². The fraction of sp³-hybridized carbons (Fsp3) is 0.368. The molecule has 0 radical (unpaired) electrons. The van der Waals surface area contributed by atoms with E-state index in [9.17, 15) is 4.79 Å². The van der Waals surface area contributed by atoms with Crippen LogP contribution in [-0.4, -0.2) is 43.1 Å². The van der Waals surface area contributed by atoms with Crippen LogP contribution in [0.5, 0.6) is 11.5 Å². The number of nitrogens with zero attached hydrogens (tertiary/aromatic N) is 2. The molecule has 3 rings (SSSR count). The number of carbonyl (C=O) groups is 1. The number of methoxy groups -OCH3 is 1. The molecule has 2 heterocycles. The lowest BCUT2D eigenvalue weighted by Gasteiger charge is -2.20. The Morgan fingerprint density at radius 2 is 2.27 bits per heavy atom. The number of fused-ring (bicyclic) bond motifs is 1. The molecular formula is C19H23N3O3S. The van der Waals surface area contributed by atoms with Crippen molar-refractivity contribution in [3.05, 3.63) is 40.4 Å². The van der Waals surface area contributed by atoms with E-state index in [0.29, 0.717) is 23.2 Å². The van der Waals surface area contributed by atoms with Crippen LogP contribution in [0, 0.1) is 0 Å². The first-order chi connectivity index (χ1) is 12.6. The van der Waals surface area contributed by atoms with E-state index in [-0.39, 0.29) is 5.91 Å². The molecule has 1 aromatic heterocycles. The van der Waals surface area contributed by atoms with Crippen molar-refractivity contribution in [2.24, 2.45) is 0 Å². The van der Waals surface area contributed by atoms with Gasteiger partial charge in [-0.2, -0.15) is 0 Å². The number of rotatable bonds is 6. The molecule has 7 heteroatoms. The van der Waals surface area contributed by atoms with Gasteiger partial charge < -0.3 is 14.4 Å². The number of thiazole rings is 1. The fourth-order valence-corrected chi connectivity index (χ4v) is 3.85. The third-order valence-electron chi connectivity index (χ3n) is 4.07. The van der Waals surface area contributed by atoms with Gasteiger partial charge in [0.1, 0.15) is 0 Å². The fourth-order valence-electron chi connectivity index (χ4n) is 2.76. The van der Waals surface area contributed by atoms with Gasteiger partial charge in [-0.15, -0.1) is 11.3 Å². The van der Waals surface area contributed by atoms with Crippen LogP contribution in [0.4, 0.5) is 5.13 Å². The summed E-state index contributed by atoms with van der Waals surface area (Å²) in [5, 5.41) is 3.51. The van der Waals surface area contributed by atoms with Gasteiger partial charge in [0.15, 0.2) is 16.6 Å². The average Bonchev–Trinajstić information content (AvgIpc) is 3.02. The second kappa shape index (κ2) is 8.33. The highest BCUT2D eigenvalue weighted by molar-refractivity contribution is 7.15. The molecule has 2 aromatic rings. The highest BCUT2D eigenvalue weighted by Crippen LogP contribution is 2.29. The largest absolute Gasteiger partial charge is 0.493 e. The summed E-state index contributed by atoms with van der Waals surface area (Å²) in [6, 6.07) is 5.56. The summed E-state index contributed by atoms with van der Waals surface area (Å²) in [7, 11) is 3.69. The van der Waals surface area contributed by atoms with Crippen LogP contribution in [0.3, 0.4) is 0 Å². The third kappa shape index (κ3) is 4.42. The molecule has 0 atom stereocenters. The van der Waals surface area contributed by atoms with Gasteiger partial charge in [-0.1, -0.05) is 6.07 Å². The Kier molecular flexibility index (Phi) is 5.90. The van der Waals surface area contributed by atoms with Gasteiger partial charge in [-0.25, -0.2) is 4.98 Å². The van der Waals surface area contributed by atoms with Crippen molar-refractivity contribution in [3.8, 4) is 11.5 Å². The van der Waals surface area contributed by atoms with Crippen LogP contribution < -0.4 is 14.8 Å². The third-order valence-corrected chi connectivity index (χ3v) is 5.06. The van der Waals surface area contributed by atoms with Crippen molar-refractivity contribution in [2.75, 3.05) is 32.6 Å². The van der Waals surface area contributed by atoms with Gasteiger partial charge in [0.05, 0.1) is 19.4 Å². The lowest BCUT2D eigenvalue weighted by Crippen LogP contribution is -2.25. The predicted octanol–water partition coefficient (Wildman–Crippen LogP) is 3.19. The minimum Gasteiger partial charge on any atom is -0.493 e. The smallest absolute Gasteiger partial charge is 0.250 e. The van der Waals surface area contributed by atoms with E-state index in [1.54, 1.807) is 24.5 Å². The number of hydrogen-bond acceptors (Lipinski definition) is 6. The van der Waals surface area contributed by atoms with Crippen LogP contribution in [0.1, 0.15) is 23.1 Å². The van der Waals surface area contributed by atoms with Gasteiger partial charge in [0.2, 0.25) is 5.91 Å². The Morgan fingerprint density at radius 1 is 1.42 bits per heavy atom. The molecule has 1 aromatic carbocycles. The molecule has 0 bridgehead atoms.